The van der Waals surface area contributed by atoms with E-state index in [0.29, 0.717) is 6.04 Å². The van der Waals surface area contributed by atoms with Crippen molar-refractivity contribution in [2.75, 3.05) is 57.7 Å². The number of benzene rings is 1. The average Bonchev–Trinajstić information content (AvgIpc) is 3.44. The second-order valence-corrected chi connectivity index (χ2v) is 9.06. The zero-order chi connectivity index (χ0) is 19.9. The number of likely N-dealkylation sites (tertiary alicyclic amines) is 3. The van der Waals surface area contributed by atoms with Crippen LogP contribution in [-0.4, -0.2) is 79.0 Å². The van der Waals surface area contributed by atoms with Crippen LogP contribution in [0.4, 0.5) is 5.69 Å². The van der Waals surface area contributed by atoms with Crippen molar-refractivity contribution in [1.29, 1.82) is 0 Å². The van der Waals surface area contributed by atoms with Gasteiger partial charge in [-0.05, 0) is 102 Å². The van der Waals surface area contributed by atoms with Gasteiger partial charge in [0, 0.05) is 36.9 Å². The van der Waals surface area contributed by atoms with Gasteiger partial charge >= 0.3 is 0 Å². The second kappa shape index (κ2) is 10.4. The van der Waals surface area contributed by atoms with E-state index in [2.05, 4.69) is 32.1 Å². The lowest BCUT2D eigenvalue weighted by atomic mass is 10.1. The van der Waals surface area contributed by atoms with E-state index in [9.17, 15) is 4.79 Å². The molecule has 3 fully saturated rings. The Balaban J connectivity index is 1.23. The molecule has 3 aliphatic heterocycles. The van der Waals surface area contributed by atoms with Crippen LogP contribution in [0, 0.1) is 0 Å². The van der Waals surface area contributed by atoms with E-state index in [1.54, 1.807) is 0 Å². The molecule has 5 nitrogen and oxygen atoms in total. The molecular weight excluding hydrogens is 360 g/mol. The first-order valence-corrected chi connectivity index (χ1v) is 11.9. The summed E-state index contributed by atoms with van der Waals surface area (Å²) in [6.45, 7) is 9.10. The quantitative estimate of drug-likeness (QED) is 0.678. The fraction of sp³-hybridized carbons (Fsp3) is 0.708. The monoisotopic (exact) mass is 398 g/mol. The standard InChI is InChI=1S/C24H38N4O/c29-24(28-19-6-8-23(28)20-27-16-4-5-17-27)21-9-11-22(12-10-21)25-13-7-18-26-14-2-1-3-15-26/h9-12,23,25H,1-8,13-20H2. The maximum atomic E-state index is 13.1. The van der Waals surface area contributed by atoms with Crippen LogP contribution in [0.5, 0.6) is 0 Å². The molecule has 3 heterocycles. The van der Waals surface area contributed by atoms with E-state index in [4.69, 9.17) is 0 Å². The van der Waals surface area contributed by atoms with Gasteiger partial charge in [-0.3, -0.25) is 4.79 Å². The van der Waals surface area contributed by atoms with E-state index in [-0.39, 0.29) is 5.91 Å². The molecule has 0 aliphatic carbocycles. The third-order valence-corrected chi connectivity index (χ3v) is 6.87. The first kappa shape index (κ1) is 20.7. The molecule has 5 heteroatoms. The van der Waals surface area contributed by atoms with Gasteiger partial charge in [0.25, 0.3) is 5.91 Å². The largest absolute Gasteiger partial charge is 0.385 e. The number of carbonyl (C=O) groups excluding carboxylic acids is 1. The molecule has 1 unspecified atom stereocenters. The SMILES string of the molecule is O=C(c1ccc(NCCCN2CCCCC2)cc1)N1CCCC1CN1CCCC1. The molecule has 1 N–H and O–H groups in total. The van der Waals surface area contributed by atoms with Crippen LogP contribution in [0.3, 0.4) is 0 Å². The minimum absolute atomic E-state index is 0.211. The molecule has 4 rings (SSSR count). The summed E-state index contributed by atoms with van der Waals surface area (Å²) < 4.78 is 0. The minimum Gasteiger partial charge on any atom is -0.385 e. The first-order valence-electron chi connectivity index (χ1n) is 11.9. The third-order valence-electron chi connectivity index (χ3n) is 6.87. The lowest BCUT2D eigenvalue weighted by molar-refractivity contribution is 0.0709. The summed E-state index contributed by atoms with van der Waals surface area (Å²) in [5.74, 6) is 0.211. The summed E-state index contributed by atoms with van der Waals surface area (Å²) >= 11 is 0. The molecule has 1 atom stereocenters. The van der Waals surface area contributed by atoms with Gasteiger partial charge in [-0.1, -0.05) is 6.42 Å². The van der Waals surface area contributed by atoms with Gasteiger partial charge in [0.05, 0.1) is 0 Å². The van der Waals surface area contributed by atoms with Gasteiger partial charge in [0.15, 0.2) is 0 Å². The van der Waals surface area contributed by atoms with E-state index >= 15 is 0 Å². The van der Waals surface area contributed by atoms with Gasteiger partial charge < -0.3 is 20.0 Å². The van der Waals surface area contributed by atoms with E-state index in [1.807, 2.05) is 12.1 Å². The Hall–Kier alpha value is -1.59. The van der Waals surface area contributed by atoms with Crippen molar-refractivity contribution in [2.45, 2.75) is 57.4 Å². The molecule has 3 saturated heterocycles. The van der Waals surface area contributed by atoms with Crippen LogP contribution in [0.2, 0.25) is 0 Å². The molecule has 0 spiro atoms. The van der Waals surface area contributed by atoms with Gasteiger partial charge in [-0.15, -0.1) is 0 Å². The summed E-state index contributed by atoms with van der Waals surface area (Å²) in [6, 6.07) is 8.54. The lowest BCUT2D eigenvalue weighted by Gasteiger charge is -2.28. The van der Waals surface area contributed by atoms with E-state index in [1.165, 1.54) is 71.2 Å². The van der Waals surface area contributed by atoms with Crippen LogP contribution in [0.25, 0.3) is 0 Å². The number of rotatable bonds is 8. The third kappa shape index (κ3) is 5.73. The Bertz CT molecular complexity index is 635. The molecule has 29 heavy (non-hydrogen) atoms. The Kier molecular flexibility index (Phi) is 7.44. The maximum Gasteiger partial charge on any atom is 0.254 e. The van der Waals surface area contributed by atoms with Crippen LogP contribution >= 0.6 is 0 Å². The lowest BCUT2D eigenvalue weighted by Crippen LogP contribution is -2.42. The van der Waals surface area contributed by atoms with E-state index in [0.717, 1.165) is 43.7 Å². The highest BCUT2D eigenvalue weighted by molar-refractivity contribution is 5.95. The highest BCUT2D eigenvalue weighted by Crippen LogP contribution is 2.23. The molecule has 1 amide bonds. The Labute approximate surface area is 176 Å². The van der Waals surface area contributed by atoms with Crippen molar-refractivity contribution in [3.63, 3.8) is 0 Å². The number of nitrogens with zero attached hydrogens (tertiary/aromatic N) is 3. The topological polar surface area (TPSA) is 38.8 Å². The zero-order valence-corrected chi connectivity index (χ0v) is 18.0. The molecule has 1 aromatic rings. The molecule has 160 valence electrons. The smallest absolute Gasteiger partial charge is 0.254 e. The van der Waals surface area contributed by atoms with Crippen LogP contribution < -0.4 is 5.32 Å². The molecule has 3 aliphatic rings. The van der Waals surface area contributed by atoms with Gasteiger partial charge in [0.1, 0.15) is 0 Å². The minimum atomic E-state index is 0.211. The predicted molar refractivity (Wildman–Crippen MR) is 120 cm³/mol. The van der Waals surface area contributed by atoms with E-state index < -0.39 is 0 Å². The zero-order valence-electron chi connectivity index (χ0n) is 18.0. The van der Waals surface area contributed by atoms with Crippen molar-refractivity contribution in [3.8, 4) is 0 Å². The molecule has 0 aromatic heterocycles. The number of anilines is 1. The predicted octanol–water partition coefficient (Wildman–Crippen LogP) is 3.67. The highest BCUT2D eigenvalue weighted by atomic mass is 16.2. The number of hydrogen-bond acceptors (Lipinski definition) is 4. The molecule has 0 saturated carbocycles. The normalized spacial score (nSPS) is 23.6. The Morgan fingerprint density at radius 1 is 0.862 bits per heavy atom. The molecule has 1 aromatic carbocycles. The van der Waals surface area contributed by atoms with Gasteiger partial charge in [0.2, 0.25) is 0 Å². The Morgan fingerprint density at radius 3 is 2.31 bits per heavy atom. The van der Waals surface area contributed by atoms with Crippen molar-refractivity contribution in [1.82, 2.24) is 14.7 Å². The Morgan fingerprint density at radius 2 is 1.55 bits per heavy atom. The van der Waals surface area contributed by atoms with Gasteiger partial charge in [-0.25, -0.2) is 0 Å². The van der Waals surface area contributed by atoms with Crippen LogP contribution in [0.15, 0.2) is 24.3 Å². The maximum absolute atomic E-state index is 13.1. The number of piperidine rings is 1. The summed E-state index contributed by atoms with van der Waals surface area (Å²) in [6.07, 6.45) is 10.2. The van der Waals surface area contributed by atoms with Crippen LogP contribution in [0.1, 0.15) is 61.7 Å². The number of carbonyl (C=O) groups is 1. The number of hydrogen-bond donors (Lipinski definition) is 1. The number of amides is 1. The van der Waals surface area contributed by atoms with Crippen molar-refractivity contribution in [3.05, 3.63) is 29.8 Å². The highest BCUT2D eigenvalue weighted by Gasteiger charge is 2.31. The molecule has 0 radical (unpaired) electrons. The summed E-state index contributed by atoms with van der Waals surface area (Å²) in [5.41, 5.74) is 1.95. The fourth-order valence-electron chi connectivity index (χ4n) is 5.17. The molecular formula is C24H38N4O. The van der Waals surface area contributed by atoms with Crippen molar-refractivity contribution >= 4 is 11.6 Å². The summed E-state index contributed by atoms with van der Waals surface area (Å²) in [5, 5.41) is 3.52. The van der Waals surface area contributed by atoms with Crippen LogP contribution in [-0.2, 0) is 0 Å². The average molecular weight is 399 g/mol. The second-order valence-electron chi connectivity index (χ2n) is 9.06. The fourth-order valence-corrected chi connectivity index (χ4v) is 5.17. The van der Waals surface area contributed by atoms with Crippen molar-refractivity contribution < 1.29 is 4.79 Å². The number of nitrogens with one attached hydrogen (secondary N) is 1. The summed E-state index contributed by atoms with van der Waals surface area (Å²) in [4.78, 5) is 20.3. The first-order chi connectivity index (χ1) is 14.3. The van der Waals surface area contributed by atoms with Gasteiger partial charge in [-0.2, -0.15) is 0 Å². The van der Waals surface area contributed by atoms with Crippen molar-refractivity contribution in [2.24, 2.45) is 0 Å². The summed E-state index contributed by atoms with van der Waals surface area (Å²) in [7, 11) is 0. The molecule has 0 bridgehead atoms.